The van der Waals surface area contributed by atoms with Gasteiger partial charge in [0, 0.05) is 20.2 Å². The number of nitro groups is 1. The molecule has 0 saturated carbocycles. The third kappa shape index (κ3) is 2.25. The summed E-state index contributed by atoms with van der Waals surface area (Å²) >= 11 is 0. The molecule has 7 nitrogen and oxygen atoms in total. The normalized spacial score (nSPS) is 9.69. The van der Waals surface area contributed by atoms with Crippen molar-refractivity contribution in [2.24, 2.45) is 0 Å². The van der Waals surface area contributed by atoms with Crippen molar-refractivity contribution in [3.63, 3.8) is 0 Å². The lowest BCUT2D eigenvalue weighted by Crippen LogP contribution is -2.15. The van der Waals surface area contributed by atoms with Gasteiger partial charge in [-0.25, -0.2) is 9.78 Å². The molecule has 0 aliphatic rings. The molecule has 0 bridgehead atoms. The molecule has 0 N–H and O–H groups in total. The minimum Gasteiger partial charge on any atom is -0.464 e. The second-order valence-corrected chi connectivity index (χ2v) is 3.18. The summed E-state index contributed by atoms with van der Waals surface area (Å²) in [4.78, 5) is 26.7. The van der Waals surface area contributed by atoms with Crippen LogP contribution >= 0.6 is 0 Å². The number of carbonyl (C=O) groups is 1. The lowest BCUT2D eigenvalue weighted by Gasteiger charge is -2.11. The quantitative estimate of drug-likeness (QED) is 0.430. The monoisotopic (exact) mass is 225 g/mol. The minimum absolute atomic E-state index is 0.0387. The smallest absolute Gasteiger partial charge is 0.356 e. The Morgan fingerprint density at radius 1 is 1.50 bits per heavy atom. The van der Waals surface area contributed by atoms with E-state index < -0.39 is 10.9 Å². The molecule has 0 radical (unpaired) electrons. The maximum atomic E-state index is 11.2. The molecule has 0 spiro atoms. The van der Waals surface area contributed by atoms with Crippen LogP contribution < -0.4 is 4.90 Å². The van der Waals surface area contributed by atoms with Crippen molar-refractivity contribution in [3.8, 4) is 0 Å². The number of esters is 1. The Bertz CT molecular complexity index is 431. The summed E-state index contributed by atoms with van der Waals surface area (Å²) in [5.41, 5.74) is -0.116. The molecule has 0 amide bonds. The molecule has 0 atom stereocenters. The molecule has 1 aromatic heterocycles. The molecular weight excluding hydrogens is 214 g/mol. The Hall–Kier alpha value is -2.18. The van der Waals surface area contributed by atoms with Crippen molar-refractivity contribution < 1.29 is 14.5 Å². The van der Waals surface area contributed by atoms with Crippen molar-refractivity contribution >= 4 is 17.5 Å². The van der Waals surface area contributed by atoms with Gasteiger partial charge in [0.15, 0.2) is 5.69 Å². The third-order valence-corrected chi connectivity index (χ3v) is 1.87. The Labute approximate surface area is 91.8 Å². The van der Waals surface area contributed by atoms with Gasteiger partial charge in [0.2, 0.25) is 5.82 Å². The van der Waals surface area contributed by atoms with Crippen LogP contribution in [0.15, 0.2) is 12.1 Å². The van der Waals surface area contributed by atoms with Crippen molar-refractivity contribution in [1.82, 2.24) is 4.98 Å². The lowest BCUT2D eigenvalue weighted by atomic mass is 10.3. The van der Waals surface area contributed by atoms with E-state index in [9.17, 15) is 14.9 Å². The second-order valence-electron chi connectivity index (χ2n) is 3.18. The topological polar surface area (TPSA) is 85.6 Å². The van der Waals surface area contributed by atoms with Crippen LogP contribution in [0.2, 0.25) is 0 Å². The van der Waals surface area contributed by atoms with Crippen LogP contribution in [0.4, 0.5) is 11.5 Å². The van der Waals surface area contributed by atoms with Gasteiger partial charge in [-0.15, -0.1) is 0 Å². The van der Waals surface area contributed by atoms with Crippen molar-refractivity contribution in [2.75, 3.05) is 26.1 Å². The number of ether oxygens (including phenoxy) is 1. The highest BCUT2D eigenvalue weighted by molar-refractivity contribution is 5.88. The number of anilines is 1. The van der Waals surface area contributed by atoms with Gasteiger partial charge >= 0.3 is 11.7 Å². The minimum atomic E-state index is -0.627. The van der Waals surface area contributed by atoms with E-state index in [1.54, 1.807) is 14.1 Å². The van der Waals surface area contributed by atoms with Crippen LogP contribution in [0, 0.1) is 10.1 Å². The fraction of sp³-hybridized carbons (Fsp3) is 0.333. The molecule has 0 aliphatic carbocycles. The van der Waals surface area contributed by atoms with Gasteiger partial charge in [-0.2, -0.15) is 0 Å². The fourth-order valence-electron chi connectivity index (χ4n) is 1.13. The summed E-state index contributed by atoms with van der Waals surface area (Å²) in [6.45, 7) is 0. The first kappa shape index (κ1) is 11.9. The van der Waals surface area contributed by atoms with E-state index >= 15 is 0 Å². The van der Waals surface area contributed by atoms with Gasteiger partial charge in [0.05, 0.1) is 12.0 Å². The zero-order chi connectivity index (χ0) is 12.3. The Kier molecular flexibility index (Phi) is 3.39. The Morgan fingerprint density at radius 2 is 2.12 bits per heavy atom. The second kappa shape index (κ2) is 4.56. The first-order chi connectivity index (χ1) is 7.47. The molecule has 1 rings (SSSR count). The van der Waals surface area contributed by atoms with Crippen LogP contribution in [0.1, 0.15) is 10.5 Å². The van der Waals surface area contributed by atoms with E-state index in [4.69, 9.17) is 0 Å². The van der Waals surface area contributed by atoms with Crippen molar-refractivity contribution in [2.45, 2.75) is 0 Å². The fourth-order valence-corrected chi connectivity index (χ4v) is 1.13. The van der Waals surface area contributed by atoms with Crippen LogP contribution in [-0.4, -0.2) is 37.1 Å². The van der Waals surface area contributed by atoms with Gasteiger partial charge in [-0.1, -0.05) is 0 Å². The summed E-state index contributed by atoms with van der Waals surface area (Å²) in [6, 6.07) is 2.49. The summed E-state index contributed by atoms with van der Waals surface area (Å²) in [5.74, 6) is -0.508. The van der Waals surface area contributed by atoms with E-state index in [0.717, 1.165) is 0 Å². The number of hydrogen-bond donors (Lipinski definition) is 0. The number of rotatable bonds is 3. The SMILES string of the molecule is COC(=O)c1ccc([N+](=O)[O-])c(N(C)C)n1. The molecular formula is C9H11N3O4. The van der Waals surface area contributed by atoms with Gasteiger partial charge in [-0.05, 0) is 6.07 Å². The van der Waals surface area contributed by atoms with Crippen molar-refractivity contribution in [3.05, 3.63) is 27.9 Å². The standard InChI is InChI=1S/C9H11N3O4/c1-11(2)8-7(12(14)15)5-4-6(10-8)9(13)16-3/h4-5H,1-3H3. The van der Waals surface area contributed by atoms with Crippen LogP contribution in [-0.2, 0) is 4.74 Å². The largest absolute Gasteiger partial charge is 0.464 e. The predicted octanol–water partition coefficient (Wildman–Crippen LogP) is 0.842. The van der Waals surface area contributed by atoms with Crippen molar-refractivity contribution in [1.29, 1.82) is 0 Å². The van der Waals surface area contributed by atoms with Gasteiger partial charge in [-0.3, -0.25) is 10.1 Å². The van der Waals surface area contributed by atoms with Crippen LogP contribution in [0.3, 0.4) is 0 Å². The Morgan fingerprint density at radius 3 is 2.56 bits per heavy atom. The number of carbonyl (C=O) groups excluding carboxylic acids is 1. The first-order valence-electron chi connectivity index (χ1n) is 4.38. The first-order valence-corrected chi connectivity index (χ1v) is 4.38. The van der Waals surface area contributed by atoms with Gasteiger partial charge < -0.3 is 9.64 Å². The molecule has 0 unspecified atom stereocenters. The molecule has 0 aromatic carbocycles. The number of hydrogen-bond acceptors (Lipinski definition) is 6. The van der Waals surface area contributed by atoms with E-state index in [1.807, 2.05) is 0 Å². The van der Waals surface area contributed by atoms with E-state index in [-0.39, 0.29) is 17.2 Å². The average Bonchev–Trinajstić information content (AvgIpc) is 2.26. The number of aromatic nitrogens is 1. The molecule has 0 aliphatic heterocycles. The molecule has 16 heavy (non-hydrogen) atoms. The molecule has 0 fully saturated rings. The molecule has 1 heterocycles. The highest BCUT2D eigenvalue weighted by atomic mass is 16.6. The van der Waals surface area contributed by atoms with Gasteiger partial charge in [0.25, 0.3) is 0 Å². The zero-order valence-corrected chi connectivity index (χ0v) is 9.13. The summed E-state index contributed by atoms with van der Waals surface area (Å²) in [7, 11) is 4.44. The highest BCUT2D eigenvalue weighted by Crippen LogP contribution is 2.24. The zero-order valence-electron chi connectivity index (χ0n) is 9.13. The maximum Gasteiger partial charge on any atom is 0.356 e. The average molecular weight is 225 g/mol. The highest BCUT2D eigenvalue weighted by Gasteiger charge is 2.20. The third-order valence-electron chi connectivity index (χ3n) is 1.87. The number of pyridine rings is 1. The summed E-state index contributed by atoms with van der Waals surface area (Å²) in [5, 5.41) is 10.7. The van der Waals surface area contributed by atoms with E-state index in [1.165, 1.54) is 24.1 Å². The molecule has 7 heteroatoms. The predicted molar refractivity (Wildman–Crippen MR) is 56.6 cm³/mol. The maximum absolute atomic E-state index is 11.2. The molecule has 1 aromatic rings. The van der Waals surface area contributed by atoms with Crippen LogP contribution in [0.25, 0.3) is 0 Å². The lowest BCUT2D eigenvalue weighted by molar-refractivity contribution is -0.384. The summed E-state index contributed by atoms with van der Waals surface area (Å²) in [6.07, 6.45) is 0. The number of nitrogens with zero attached hydrogens (tertiary/aromatic N) is 3. The Balaban J connectivity index is 3.28. The van der Waals surface area contributed by atoms with Gasteiger partial charge in [0.1, 0.15) is 0 Å². The van der Waals surface area contributed by atoms with E-state index in [2.05, 4.69) is 9.72 Å². The van der Waals surface area contributed by atoms with E-state index in [0.29, 0.717) is 0 Å². The number of methoxy groups -OCH3 is 1. The van der Waals surface area contributed by atoms with Crippen LogP contribution in [0.5, 0.6) is 0 Å². The molecule has 86 valence electrons. The molecule has 0 saturated heterocycles. The summed E-state index contributed by atoms with van der Waals surface area (Å²) < 4.78 is 4.48.